The Bertz CT molecular complexity index is 231. The van der Waals surface area contributed by atoms with Gasteiger partial charge in [0.1, 0.15) is 0 Å². The molecule has 3 nitrogen and oxygen atoms in total. The van der Waals surface area contributed by atoms with Crippen LogP contribution < -0.4 is 0 Å². The van der Waals surface area contributed by atoms with Crippen molar-refractivity contribution in [3.05, 3.63) is 0 Å². The maximum absolute atomic E-state index is 10.3. The van der Waals surface area contributed by atoms with Crippen molar-refractivity contribution in [3.8, 4) is 0 Å². The monoisotopic (exact) mass is 254 g/mol. The summed E-state index contributed by atoms with van der Waals surface area (Å²) in [5, 5.41) is 10.3. The normalized spacial score (nSPS) is 26.7. The zero-order chi connectivity index (χ0) is 13.0. The zero-order valence-electron chi connectivity index (χ0n) is 12.1. The summed E-state index contributed by atoms with van der Waals surface area (Å²) < 4.78 is 0. The van der Waals surface area contributed by atoms with Crippen molar-refractivity contribution in [3.63, 3.8) is 0 Å². The first-order valence-electron chi connectivity index (χ1n) is 7.81. The molecular weight excluding hydrogens is 224 g/mol. The van der Waals surface area contributed by atoms with Crippen molar-refractivity contribution in [2.45, 2.75) is 58.1 Å². The number of rotatable bonds is 4. The van der Waals surface area contributed by atoms with Crippen LogP contribution >= 0.6 is 0 Å². The molecule has 1 saturated heterocycles. The molecule has 18 heavy (non-hydrogen) atoms. The molecule has 0 bridgehead atoms. The number of piperazine rings is 1. The Balaban J connectivity index is 1.70. The molecule has 1 aliphatic heterocycles. The van der Waals surface area contributed by atoms with Crippen LogP contribution in [0.25, 0.3) is 0 Å². The molecule has 0 aromatic carbocycles. The lowest BCUT2D eigenvalue weighted by Crippen LogP contribution is -2.51. The average molecular weight is 254 g/mol. The van der Waals surface area contributed by atoms with E-state index in [0.29, 0.717) is 12.0 Å². The van der Waals surface area contributed by atoms with Crippen molar-refractivity contribution in [2.75, 3.05) is 32.7 Å². The van der Waals surface area contributed by atoms with E-state index in [-0.39, 0.29) is 6.10 Å². The van der Waals surface area contributed by atoms with Gasteiger partial charge in [-0.05, 0) is 32.6 Å². The van der Waals surface area contributed by atoms with Crippen LogP contribution in [0.5, 0.6) is 0 Å². The maximum atomic E-state index is 10.3. The van der Waals surface area contributed by atoms with Crippen molar-refractivity contribution in [1.82, 2.24) is 9.80 Å². The molecule has 1 aliphatic carbocycles. The van der Waals surface area contributed by atoms with E-state index in [4.69, 9.17) is 0 Å². The second-order valence-electron chi connectivity index (χ2n) is 6.40. The highest BCUT2D eigenvalue weighted by Gasteiger charge is 2.25. The molecule has 1 heterocycles. The molecule has 1 saturated carbocycles. The first-order chi connectivity index (χ1) is 8.66. The van der Waals surface area contributed by atoms with Crippen molar-refractivity contribution >= 4 is 0 Å². The third-order valence-electron chi connectivity index (χ3n) is 4.78. The van der Waals surface area contributed by atoms with Gasteiger partial charge in [-0.15, -0.1) is 0 Å². The van der Waals surface area contributed by atoms with Crippen LogP contribution in [0, 0.1) is 5.92 Å². The fourth-order valence-corrected chi connectivity index (χ4v) is 3.39. The Morgan fingerprint density at radius 2 is 1.61 bits per heavy atom. The minimum absolute atomic E-state index is 0.0871. The molecule has 2 rings (SSSR count). The summed E-state index contributed by atoms with van der Waals surface area (Å²) in [4.78, 5) is 4.99. The van der Waals surface area contributed by atoms with Gasteiger partial charge in [-0.25, -0.2) is 0 Å². The van der Waals surface area contributed by atoms with Crippen molar-refractivity contribution in [1.29, 1.82) is 0 Å². The van der Waals surface area contributed by atoms with Gasteiger partial charge in [0.15, 0.2) is 0 Å². The van der Waals surface area contributed by atoms with Crippen LogP contribution in [-0.2, 0) is 0 Å². The van der Waals surface area contributed by atoms with Crippen LogP contribution in [-0.4, -0.2) is 59.8 Å². The minimum atomic E-state index is -0.0871. The van der Waals surface area contributed by atoms with Crippen LogP contribution in [0.15, 0.2) is 0 Å². The van der Waals surface area contributed by atoms with Gasteiger partial charge in [0.05, 0.1) is 6.10 Å². The molecule has 1 unspecified atom stereocenters. The van der Waals surface area contributed by atoms with Gasteiger partial charge in [-0.3, -0.25) is 9.80 Å². The van der Waals surface area contributed by atoms with E-state index in [9.17, 15) is 5.11 Å². The Morgan fingerprint density at radius 1 is 1.00 bits per heavy atom. The number of hydrogen-bond acceptors (Lipinski definition) is 3. The second-order valence-corrected chi connectivity index (χ2v) is 6.40. The van der Waals surface area contributed by atoms with Crippen LogP contribution in [0.3, 0.4) is 0 Å². The molecular formula is C15H30N2O. The standard InChI is InChI=1S/C15H30N2O/c1-13(2)17-10-8-16(9-11-17)12-15(18)14-6-4-3-5-7-14/h13-15,18H,3-12H2,1-2H3. The molecule has 0 aromatic rings. The van der Waals surface area contributed by atoms with E-state index in [0.717, 1.165) is 32.7 Å². The number of aliphatic hydroxyl groups is 1. The quantitative estimate of drug-likeness (QED) is 0.831. The molecule has 1 N–H and O–H groups in total. The molecule has 2 fully saturated rings. The number of β-amino-alcohol motifs (C(OH)–C–C–N with tert-alkyl or cyclic N) is 1. The molecule has 0 amide bonds. The zero-order valence-corrected chi connectivity index (χ0v) is 12.1. The third-order valence-corrected chi connectivity index (χ3v) is 4.78. The van der Waals surface area contributed by atoms with Gasteiger partial charge in [0.2, 0.25) is 0 Å². The van der Waals surface area contributed by atoms with Crippen LogP contribution in [0.1, 0.15) is 46.0 Å². The first kappa shape index (κ1) is 14.3. The minimum Gasteiger partial charge on any atom is -0.392 e. The molecule has 2 aliphatic rings. The highest BCUT2D eigenvalue weighted by molar-refractivity contribution is 4.80. The topological polar surface area (TPSA) is 26.7 Å². The molecule has 0 spiro atoms. The van der Waals surface area contributed by atoms with Crippen molar-refractivity contribution in [2.24, 2.45) is 5.92 Å². The third kappa shape index (κ3) is 3.94. The van der Waals surface area contributed by atoms with E-state index in [1.807, 2.05) is 0 Å². The summed E-state index contributed by atoms with van der Waals surface area (Å²) >= 11 is 0. The largest absolute Gasteiger partial charge is 0.392 e. The summed E-state index contributed by atoms with van der Waals surface area (Å²) in [7, 11) is 0. The number of nitrogens with zero attached hydrogens (tertiary/aromatic N) is 2. The fraction of sp³-hybridized carbons (Fsp3) is 1.00. The highest BCUT2D eigenvalue weighted by Crippen LogP contribution is 2.27. The molecule has 106 valence electrons. The molecule has 3 heteroatoms. The van der Waals surface area contributed by atoms with E-state index < -0.39 is 0 Å². The van der Waals surface area contributed by atoms with E-state index in [1.165, 1.54) is 32.1 Å². The number of aliphatic hydroxyl groups excluding tert-OH is 1. The number of hydrogen-bond donors (Lipinski definition) is 1. The molecule has 0 aromatic heterocycles. The lowest BCUT2D eigenvalue weighted by molar-refractivity contribution is 0.0248. The highest BCUT2D eigenvalue weighted by atomic mass is 16.3. The smallest absolute Gasteiger partial charge is 0.0695 e. The predicted molar refractivity (Wildman–Crippen MR) is 75.7 cm³/mol. The van der Waals surface area contributed by atoms with Gasteiger partial charge in [-0.2, -0.15) is 0 Å². The Labute approximate surface area is 112 Å². The molecule has 0 radical (unpaired) electrons. The lowest BCUT2D eigenvalue weighted by Gasteiger charge is -2.39. The van der Waals surface area contributed by atoms with E-state index >= 15 is 0 Å². The Kier molecular flexibility index (Phi) is 5.46. The van der Waals surface area contributed by atoms with E-state index in [1.54, 1.807) is 0 Å². The first-order valence-corrected chi connectivity index (χ1v) is 7.81. The summed E-state index contributed by atoms with van der Waals surface area (Å²) in [6, 6.07) is 0.662. The fourth-order valence-electron chi connectivity index (χ4n) is 3.39. The van der Waals surface area contributed by atoms with Crippen LogP contribution in [0.2, 0.25) is 0 Å². The lowest BCUT2D eigenvalue weighted by atomic mass is 9.85. The maximum Gasteiger partial charge on any atom is 0.0695 e. The summed E-state index contributed by atoms with van der Waals surface area (Å²) in [6.45, 7) is 10.0. The summed E-state index contributed by atoms with van der Waals surface area (Å²) in [5.74, 6) is 0.571. The Hall–Kier alpha value is -0.120. The van der Waals surface area contributed by atoms with Gasteiger partial charge >= 0.3 is 0 Å². The van der Waals surface area contributed by atoms with Crippen LogP contribution in [0.4, 0.5) is 0 Å². The summed E-state index contributed by atoms with van der Waals surface area (Å²) in [5.41, 5.74) is 0. The average Bonchev–Trinajstić information content (AvgIpc) is 2.40. The SMILES string of the molecule is CC(C)N1CCN(CC(O)C2CCCCC2)CC1. The summed E-state index contributed by atoms with van der Waals surface area (Å²) in [6.07, 6.45) is 6.42. The predicted octanol–water partition coefficient (Wildman–Crippen LogP) is 1.95. The van der Waals surface area contributed by atoms with Gasteiger partial charge in [0.25, 0.3) is 0 Å². The van der Waals surface area contributed by atoms with Gasteiger partial charge in [0, 0.05) is 38.8 Å². The van der Waals surface area contributed by atoms with E-state index in [2.05, 4.69) is 23.6 Å². The van der Waals surface area contributed by atoms with Gasteiger partial charge < -0.3 is 5.11 Å². The Morgan fingerprint density at radius 3 is 2.17 bits per heavy atom. The molecule has 1 atom stereocenters. The van der Waals surface area contributed by atoms with Crippen molar-refractivity contribution < 1.29 is 5.11 Å². The second kappa shape index (κ2) is 6.88. The van der Waals surface area contributed by atoms with Gasteiger partial charge in [-0.1, -0.05) is 19.3 Å².